The Morgan fingerprint density at radius 3 is 2.19 bits per heavy atom. The van der Waals surface area contributed by atoms with Crippen LogP contribution in [-0.4, -0.2) is 19.1 Å². The Bertz CT molecular complexity index is 707. The summed E-state index contributed by atoms with van der Waals surface area (Å²) in [5, 5.41) is 0. The lowest BCUT2D eigenvalue weighted by atomic mass is 10.2. The van der Waals surface area contributed by atoms with Gasteiger partial charge in [-0.05, 0) is 29.8 Å². The molecule has 0 aliphatic heterocycles. The fourth-order valence-electron chi connectivity index (χ4n) is 1.52. The van der Waals surface area contributed by atoms with Gasteiger partial charge in [-0.3, -0.25) is 4.55 Å². The molecule has 2 rings (SSSR count). The lowest BCUT2D eigenvalue weighted by Crippen LogP contribution is -2.10. The highest BCUT2D eigenvalue weighted by Gasteiger charge is 2.11. The second-order valence-electron chi connectivity index (χ2n) is 4.07. The maximum absolute atomic E-state index is 11.5. The van der Waals surface area contributed by atoms with E-state index in [0.29, 0.717) is 0 Å². The molecule has 0 amide bonds. The highest BCUT2D eigenvalue weighted by Crippen LogP contribution is 2.16. The van der Waals surface area contributed by atoms with Gasteiger partial charge in [-0.1, -0.05) is 30.3 Å². The minimum atomic E-state index is -4.27. The lowest BCUT2D eigenvalue weighted by Gasteiger charge is -2.06. The molecule has 0 aromatic heterocycles. The predicted octanol–water partition coefficient (Wildman–Crippen LogP) is 2.65. The van der Waals surface area contributed by atoms with Gasteiger partial charge in [0.05, 0.1) is 4.90 Å². The van der Waals surface area contributed by atoms with Crippen LogP contribution in [0.2, 0.25) is 0 Å². The Balaban J connectivity index is 1.91. The van der Waals surface area contributed by atoms with Crippen LogP contribution in [0.25, 0.3) is 0 Å². The smallest absolute Gasteiger partial charge is 0.429 e. The van der Waals surface area contributed by atoms with Crippen molar-refractivity contribution in [3.05, 3.63) is 60.2 Å². The van der Waals surface area contributed by atoms with Gasteiger partial charge < -0.3 is 9.47 Å². The van der Waals surface area contributed by atoms with Gasteiger partial charge in [-0.15, -0.1) is 0 Å². The minimum absolute atomic E-state index is 0.0722. The maximum Gasteiger partial charge on any atom is 0.514 e. The van der Waals surface area contributed by atoms with Crippen LogP contribution in [0.15, 0.2) is 59.5 Å². The van der Waals surface area contributed by atoms with Gasteiger partial charge in [-0.25, -0.2) is 4.79 Å². The molecule has 2 aromatic carbocycles. The summed E-state index contributed by atoms with van der Waals surface area (Å²) in [5.41, 5.74) is 0.816. The zero-order valence-electron chi connectivity index (χ0n) is 10.8. The summed E-state index contributed by atoms with van der Waals surface area (Å²) in [4.78, 5) is 11.2. The maximum atomic E-state index is 11.5. The van der Waals surface area contributed by atoms with E-state index in [1.165, 1.54) is 12.1 Å². The molecule has 6 nitrogen and oxygen atoms in total. The molecule has 0 unspecified atom stereocenters. The number of rotatable bonds is 4. The van der Waals surface area contributed by atoms with Gasteiger partial charge in [0.25, 0.3) is 10.1 Å². The molecule has 0 saturated carbocycles. The fourth-order valence-corrected chi connectivity index (χ4v) is 2.00. The van der Waals surface area contributed by atoms with Gasteiger partial charge in [-0.2, -0.15) is 8.42 Å². The second-order valence-corrected chi connectivity index (χ2v) is 5.49. The third-order valence-electron chi connectivity index (χ3n) is 2.52. The number of carbonyl (C=O) groups is 1. The van der Waals surface area contributed by atoms with Crippen LogP contribution in [0, 0.1) is 0 Å². The topological polar surface area (TPSA) is 89.9 Å². The Morgan fingerprint density at radius 2 is 1.62 bits per heavy atom. The number of ether oxygens (including phenoxy) is 2. The number of hydrogen-bond acceptors (Lipinski definition) is 5. The molecule has 110 valence electrons. The first-order valence-corrected chi connectivity index (χ1v) is 7.35. The second kappa shape index (κ2) is 6.38. The summed E-state index contributed by atoms with van der Waals surface area (Å²) in [5.74, 6) is 0.112. The molecule has 0 fully saturated rings. The van der Waals surface area contributed by atoms with Crippen molar-refractivity contribution in [3.63, 3.8) is 0 Å². The van der Waals surface area contributed by atoms with E-state index in [9.17, 15) is 13.2 Å². The summed E-state index contributed by atoms with van der Waals surface area (Å²) in [7, 11) is -4.27. The molecule has 2 aromatic rings. The molecular formula is C14H12O6S. The van der Waals surface area contributed by atoms with Crippen LogP contribution in [-0.2, 0) is 21.5 Å². The van der Waals surface area contributed by atoms with E-state index in [1.807, 2.05) is 18.2 Å². The van der Waals surface area contributed by atoms with Crippen molar-refractivity contribution in [2.24, 2.45) is 0 Å². The van der Waals surface area contributed by atoms with E-state index in [0.717, 1.165) is 17.7 Å². The quantitative estimate of drug-likeness (QED) is 0.530. The first-order chi connectivity index (χ1) is 9.95. The Kier molecular flexibility index (Phi) is 4.56. The van der Waals surface area contributed by atoms with Gasteiger partial charge in [0.1, 0.15) is 12.4 Å². The summed E-state index contributed by atoms with van der Waals surface area (Å²) in [6.07, 6.45) is -0.904. The summed E-state index contributed by atoms with van der Waals surface area (Å²) in [6.45, 7) is 0.0722. The summed E-state index contributed by atoms with van der Waals surface area (Å²) >= 11 is 0. The average Bonchev–Trinajstić information content (AvgIpc) is 2.46. The van der Waals surface area contributed by atoms with E-state index in [2.05, 4.69) is 0 Å². The summed E-state index contributed by atoms with van der Waals surface area (Å²) < 4.78 is 40.3. The normalized spacial score (nSPS) is 10.9. The van der Waals surface area contributed by atoms with E-state index < -0.39 is 16.3 Å². The zero-order chi connectivity index (χ0) is 15.3. The molecule has 0 heterocycles. The third-order valence-corrected chi connectivity index (χ3v) is 3.39. The van der Waals surface area contributed by atoms with Crippen LogP contribution in [0.3, 0.4) is 0 Å². The minimum Gasteiger partial charge on any atom is -0.429 e. The summed E-state index contributed by atoms with van der Waals surface area (Å²) in [6, 6.07) is 13.8. The fraction of sp³-hybridized carbons (Fsp3) is 0.0714. The van der Waals surface area contributed by atoms with Crippen molar-refractivity contribution in [2.45, 2.75) is 11.5 Å². The van der Waals surface area contributed by atoms with E-state index in [-0.39, 0.29) is 17.3 Å². The van der Waals surface area contributed by atoms with E-state index in [1.54, 1.807) is 12.1 Å². The molecule has 0 saturated heterocycles. The van der Waals surface area contributed by atoms with Crippen LogP contribution in [0.4, 0.5) is 4.79 Å². The van der Waals surface area contributed by atoms with Gasteiger partial charge >= 0.3 is 6.16 Å². The standard InChI is InChI=1S/C14H12O6S/c15-14(19-10-11-4-2-1-3-5-11)20-12-6-8-13(9-7-12)21(16,17)18/h1-9H,10H2,(H,16,17,18). The molecule has 0 radical (unpaired) electrons. The van der Waals surface area contributed by atoms with Gasteiger partial charge in [0.15, 0.2) is 0 Å². The highest BCUT2D eigenvalue weighted by molar-refractivity contribution is 7.85. The first kappa shape index (κ1) is 15.0. The largest absolute Gasteiger partial charge is 0.514 e. The predicted molar refractivity (Wildman–Crippen MR) is 73.5 cm³/mol. The Morgan fingerprint density at radius 1 is 1.00 bits per heavy atom. The number of carbonyl (C=O) groups excluding carboxylic acids is 1. The molecule has 21 heavy (non-hydrogen) atoms. The molecule has 1 N–H and O–H groups in total. The number of hydrogen-bond donors (Lipinski definition) is 1. The number of benzene rings is 2. The van der Waals surface area contributed by atoms with Crippen LogP contribution >= 0.6 is 0 Å². The van der Waals surface area contributed by atoms with Crippen molar-refractivity contribution in [2.75, 3.05) is 0 Å². The third kappa shape index (κ3) is 4.59. The molecular weight excluding hydrogens is 296 g/mol. The van der Waals surface area contributed by atoms with Crippen LogP contribution < -0.4 is 4.74 Å². The van der Waals surface area contributed by atoms with Crippen LogP contribution in [0.5, 0.6) is 5.75 Å². The molecule has 0 aliphatic carbocycles. The molecule has 0 spiro atoms. The first-order valence-electron chi connectivity index (χ1n) is 5.91. The van der Waals surface area contributed by atoms with Crippen LogP contribution in [0.1, 0.15) is 5.56 Å². The Hall–Kier alpha value is -2.38. The molecule has 0 atom stereocenters. The monoisotopic (exact) mass is 308 g/mol. The van der Waals surface area contributed by atoms with Crippen molar-refractivity contribution in [1.29, 1.82) is 0 Å². The van der Waals surface area contributed by atoms with Crippen molar-refractivity contribution in [1.82, 2.24) is 0 Å². The molecule has 0 bridgehead atoms. The highest BCUT2D eigenvalue weighted by atomic mass is 32.2. The van der Waals surface area contributed by atoms with Crippen molar-refractivity contribution < 1.29 is 27.2 Å². The molecule has 7 heteroatoms. The van der Waals surface area contributed by atoms with E-state index >= 15 is 0 Å². The zero-order valence-corrected chi connectivity index (χ0v) is 11.6. The van der Waals surface area contributed by atoms with Crippen molar-refractivity contribution in [3.8, 4) is 5.75 Å². The lowest BCUT2D eigenvalue weighted by molar-refractivity contribution is 0.0927. The SMILES string of the molecule is O=C(OCc1ccccc1)Oc1ccc(S(=O)(=O)O)cc1. The average molecular weight is 308 g/mol. The van der Waals surface area contributed by atoms with E-state index in [4.69, 9.17) is 14.0 Å². The van der Waals surface area contributed by atoms with Crippen molar-refractivity contribution >= 4 is 16.3 Å². The molecule has 0 aliphatic rings. The van der Waals surface area contributed by atoms with Gasteiger partial charge in [0, 0.05) is 0 Å². The Labute approximate surface area is 121 Å². The van der Waals surface area contributed by atoms with Gasteiger partial charge in [0.2, 0.25) is 0 Å².